The third-order valence-corrected chi connectivity index (χ3v) is 3.34. The molecule has 1 saturated heterocycles. The van der Waals surface area contributed by atoms with E-state index in [1.54, 1.807) is 27.4 Å². The van der Waals surface area contributed by atoms with Crippen LogP contribution in [0.25, 0.3) is 0 Å². The molecule has 2 unspecified atom stereocenters. The van der Waals surface area contributed by atoms with E-state index in [0.29, 0.717) is 17.6 Å². The summed E-state index contributed by atoms with van der Waals surface area (Å²) in [5.41, 5.74) is 0. The Bertz CT molecular complexity index is 421. The number of nitrogens with zero attached hydrogens (tertiary/aromatic N) is 3. The van der Waals surface area contributed by atoms with Gasteiger partial charge in [-0.1, -0.05) is 11.6 Å². The van der Waals surface area contributed by atoms with Crippen LogP contribution in [0.5, 0.6) is 0 Å². The monoisotopic (exact) mass is 287 g/mol. The molecule has 1 aliphatic rings. The second-order valence-electron chi connectivity index (χ2n) is 4.35. The Hall–Kier alpha value is -0.950. The van der Waals surface area contributed by atoms with Crippen LogP contribution < -0.4 is 4.90 Å². The summed E-state index contributed by atoms with van der Waals surface area (Å²) >= 11 is 6.01. The Kier molecular flexibility index (Phi) is 4.93. The molecule has 2 heterocycles. The van der Waals surface area contributed by atoms with Crippen molar-refractivity contribution in [1.29, 1.82) is 0 Å². The lowest BCUT2D eigenvalue weighted by molar-refractivity contribution is -0.00461. The Morgan fingerprint density at radius 2 is 1.84 bits per heavy atom. The number of rotatable bonds is 5. The summed E-state index contributed by atoms with van der Waals surface area (Å²) < 4.78 is 15.8. The summed E-state index contributed by atoms with van der Waals surface area (Å²) in [6, 6.07) is 1.74. The molecule has 2 atom stereocenters. The normalized spacial score (nSPS) is 23.1. The molecule has 0 aromatic carbocycles. The van der Waals surface area contributed by atoms with Crippen molar-refractivity contribution in [2.75, 3.05) is 39.3 Å². The van der Waals surface area contributed by atoms with Crippen molar-refractivity contribution in [3.05, 3.63) is 17.0 Å². The van der Waals surface area contributed by atoms with Crippen LogP contribution in [0.4, 0.5) is 5.82 Å². The molecule has 1 aliphatic heterocycles. The fourth-order valence-electron chi connectivity index (χ4n) is 2.19. The van der Waals surface area contributed by atoms with Gasteiger partial charge in [0.2, 0.25) is 0 Å². The lowest BCUT2D eigenvalue weighted by Crippen LogP contribution is -2.27. The molecule has 1 aromatic heterocycles. The molecule has 0 N–H and O–H groups in total. The van der Waals surface area contributed by atoms with Crippen LogP contribution in [0.2, 0.25) is 5.15 Å². The van der Waals surface area contributed by atoms with Gasteiger partial charge in [-0.05, 0) is 0 Å². The fourth-order valence-corrected chi connectivity index (χ4v) is 2.39. The molecular weight excluding hydrogens is 270 g/mol. The van der Waals surface area contributed by atoms with Gasteiger partial charge in [-0.3, -0.25) is 0 Å². The van der Waals surface area contributed by atoms with Crippen LogP contribution >= 0.6 is 11.6 Å². The molecule has 0 amide bonds. The van der Waals surface area contributed by atoms with Crippen molar-refractivity contribution in [3.8, 4) is 0 Å². The van der Waals surface area contributed by atoms with Crippen molar-refractivity contribution in [3.63, 3.8) is 0 Å². The topological polar surface area (TPSA) is 56.7 Å². The van der Waals surface area contributed by atoms with Crippen molar-refractivity contribution >= 4 is 17.4 Å². The molecular formula is C12H18ClN3O3. The van der Waals surface area contributed by atoms with Gasteiger partial charge in [-0.15, -0.1) is 0 Å². The summed E-state index contributed by atoms with van der Waals surface area (Å²) in [5, 5.41) is 0.409. The summed E-state index contributed by atoms with van der Waals surface area (Å²) in [4.78, 5) is 10.6. The standard InChI is InChI=1S/C12H18ClN3O3/c1-17-7-11-14-10(13)4-12(15-11)16-5-8(18-2)9(6-16)19-3/h4,8-9H,5-7H2,1-3H3. The molecule has 2 rings (SSSR count). The number of hydrogen-bond acceptors (Lipinski definition) is 6. The van der Waals surface area contributed by atoms with Gasteiger partial charge in [0.25, 0.3) is 0 Å². The fraction of sp³-hybridized carbons (Fsp3) is 0.667. The lowest BCUT2D eigenvalue weighted by atomic mass is 10.3. The number of hydrogen-bond donors (Lipinski definition) is 0. The van der Waals surface area contributed by atoms with Gasteiger partial charge in [0.05, 0.1) is 0 Å². The Labute approximate surface area is 117 Å². The van der Waals surface area contributed by atoms with E-state index in [1.807, 2.05) is 0 Å². The molecule has 0 bridgehead atoms. The Morgan fingerprint density at radius 1 is 1.21 bits per heavy atom. The number of anilines is 1. The van der Waals surface area contributed by atoms with E-state index in [1.165, 1.54) is 0 Å². The maximum absolute atomic E-state index is 6.01. The second kappa shape index (κ2) is 6.47. The Balaban J connectivity index is 2.18. The highest BCUT2D eigenvalue weighted by atomic mass is 35.5. The smallest absolute Gasteiger partial charge is 0.158 e. The Morgan fingerprint density at radius 3 is 2.37 bits per heavy atom. The van der Waals surface area contributed by atoms with E-state index in [0.717, 1.165) is 18.9 Å². The zero-order valence-corrected chi connectivity index (χ0v) is 12.1. The van der Waals surface area contributed by atoms with Crippen molar-refractivity contribution in [2.24, 2.45) is 0 Å². The van der Waals surface area contributed by atoms with E-state index >= 15 is 0 Å². The van der Waals surface area contributed by atoms with E-state index in [9.17, 15) is 0 Å². The van der Waals surface area contributed by atoms with Crippen LogP contribution in [0.1, 0.15) is 5.82 Å². The van der Waals surface area contributed by atoms with Crippen LogP contribution in [0, 0.1) is 0 Å². The molecule has 0 saturated carbocycles. The maximum atomic E-state index is 6.01. The van der Waals surface area contributed by atoms with Gasteiger partial charge in [0, 0.05) is 40.5 Å². The molecule has 19 heavy (non-hydrogen) atoms. The van der Waals surface area contributed by atoms with Gasteiger partial charge in [0.15, 0.2) is 5.82 Å². The predicted molar refractivity (Wildman–Crippen MR) is 71.6 cm³/mol. The number of methoxy groups -OCH3 is 3. The molecule has 106 valence electrons. The first-order chi connectivity index (χ1) is 9.17. The highest BCUT2D eigenvalue weighted by Crippen LogP contribution is 2.23. The summed E-state index contributed by atoms with van der Waals surface area (Å²) in [5.74, 6) is 1.34. The third-order valence-electron chi connectivity index (χ3n) is 3.15. The maximum Gasteiger partial charge on any atom is 0.158 e. The van der Waals surface area contributed by atoms with Gasteiger partial charge < -0.3 is 19.1 Å². The van der Waals surface area contributed by atoms with E-state index < -0.39 is 0 Å². The van der Waals surface area contributed by atoms with Gasteiger partial charge >= 0.3 is 0 Å². The average molecular weight is 288 g/mol. The highest BCUT2D eigenvalue weighted by Gasteiger charge is 2.33. The lowest BCUT2D eigenvalue weighted by Gasteiger charge is -2.17. The quantitative estimate of drug-likeness (QED) is 0.757. The minimum Gasteiger partial charge on any atom is -0.377 e. The van der Waals surface area contributed by atoms with Crippen LogP contribution in [-0.2, 0) is 20.8 Å². The molecule has 0 aliphatic carbocycles. The van der Waals surface area contributed by atoms with E-state index in [-0.39, 0.29) is 12.2 Å². The number of halogens is 1. The first-order valence-electron chi connectivity index (χ1n) is 6.01. The van der Waals surface area contributed by atoms with Gasteiger partial charge in [0.1, 0.15) is 29.8 Å². The van der Waals surface area contributed by atoms with Gasteiger partial charge in [-0.25, -0.2) is 9.97 Å². The van der Waals surface area contributed by atoms with Gasteiger partial charge in [-0.2, -0.15) is 0 Å². The van der Waals surface area contributed by atoms with E-state index in [4.69, 9.17) is 25.8 Å². The van der Waals surface area contributed by atoms with Crippen LogP contribution in [-0.4, -0.2) is 56.6 Å². The third kappa shape index (κ3) is 3.33. The largest absolute Gasteiger partial charge is 0.377 e. The van der Waals surface area contributed by atoms with Crippen molar-refractivity contribution < 1.29 is 14.2 Å². The number of ether oxygens (including phenoxy) is 3. The minimum atomic E-state index is 0.0321. The average Bonchev–Trinajstić information content (AvgIpc) is 2.81. The minimum absolute atomic E-state index is 0.0321. The van der Waals surface area contributed by atoms with Crippen molar-refractivity contribution in [2.45, 2.75) is 18.8 Å². The highest BCUT2D eigenvalue weighted by molar-refractivity contribution is 6.29. The first-order valence-corrected chi connectivity index (χ1v) is 6.38. The van der Waals surface area contributed by atoms with E-state index in [2.05, 4.69) is 14.9 Å². The molecule has 0 spiro atoms. The number of aromatic nitrogens is 2. The first kappa shape index (κ1) is 14.5. The summed E-state index contributed by atoms with van der Waals surface area (Å²) in [6.45, 7) is 1.77. The molecule has 6 nitrogen and oxygen atoms in total. The molecule has 1 aromatic rings. The van der Waals surface area contributed by atoms with Crippen LogP contribution in [0.15, 0.2) is 6.07 Å². The molecule has 0 radical (unpaired) electrons. The predicted octanol–water partition coefficient (Wildman–Crippen LogP) is 1.13. The summed E-state index contributed by atoms with van der Waals surface area (Å²) in [6.07, 6.45) is 0.0641. The SMILES string of the molecule is COCc1nc(Cl)cc(N2CC(OC)C(OC)C2)n1. The summed E-state index contributed by atoms with van der Waals surface area (Å²) in [7, 11) is 4.97. The van der Waals surface area contributed by atoms with Crippen LogP contribution in [0.3, 0.4) is 0 Å². The molecule has 7 heteroatoms. The molecule has 1 fully saturated rings. The second-order valence-corrected chi connectivity index (χ2v) is 4.74. The van der Waals surface area contributed by atoms with Crippen molar-refractivity contribution in [1.82, 2.24) is 9.97 Å². The zero-order chi connectivity index (χ0) is 13.8. The zero-order valence-electron chi connectivity index (χ0n) is 11.3.